The zero-order valence-corrected chi connectivity index (χ0v) is 10.7. The van der Waals surface area contributed by atoms with Crippen LogP contribution in [0.4, 0.5) is 5.13 Å². The highest BCUT2D eigenvalue weighted by atomic mass is 32.1. The van der Waals surface area contributed by atoms with Crippen molar-refractivity contribution in [2.75, 3.05) is 25.9 Å². The highest BCUT2D eigenvalue weighted by Crippen LogP contribution is 2.12. The Morgan fingerprint density at radius 2 is 2.33 bits per heavy atom. The molecule has 1 aromatic heterocycles. The van der Waals surface area contributed by atoms with Crippen LogP contribution in [0.3, 0.4) is 0 Å². The summed E-state index contributed by atoms with van der Waals surface area (Å²) in [6.45, 7) is 6.75. The second kappa shape index (κ2) is 6.08. The Morgan fingerprint density at radius 1 is 1.60 bits per heavy atom. The maximum Gasteiger partial charge on any atom is 0.180 e. The van der Waals surface area contributed by atoms with Gasteiger partial charge in [0.25, 0.3) is 0 Å². The van der Waals surface area contributed by atoms with E-state index in [1.54, 1.807) is 0 Å². The summed E-state index contributed by atoms with van der Waals surface area (Å²) in [4.78, 5) is 6.62. The molecule has 0 aromatic carbocycles. The molecule has 0 saturated heterocycles. The van der Waals surface area contributed by atoms with Crippen molar-refractivity contribution in [2.24, 2.45) is 5.92 Å². The molecule has 0 aliphatic carbocycles. The van der Waals surface area contributed by atoms with E-state index in [1.165, 1.54) is 17.8 Å². The van der Waals surface area contributed by atoms with E-state index < -0.39 is 0 Å². The molecule has 15 heavy (non-hydrogen) atoms. The fourth-order valence-corrected chi connectivity index (χ4v) is 2.09. The average Bonchev–Trinajstić information content (AvgIpc) is 2.61. The van der Waals surface area contributed by atoms with Crippen molar-refractivity contribution in [1.29, 1.82) is 0 Å². The third kappa shape index (κ3) is 4.62. The van der Waals surface area contributed by atoms with Crippen molar-refractivity contribution in [1.82, 2.24) is 9.88 Å². The molecule has 1 atom stereocenters. The van der Waals surface area contributed by atoms with Crippen LogP contribution in [0.5, 0.6) is 0 Å². The monoisotopic (exact) mass is 227 g/mol. The molecule has 0 spiro atoms. The summed E-state index contributed by atoms with van der Waals surface area (Å²) in [6, 6.07) is 0. The first-order valence-electron chi connectivity index (χ1n) is 5.50. The lowest BCUT2D eigenvalue weighted by atomic mass is 10.1. The Kier molecular flexibility index (Phi) is 5.05. The van der Waals surface area contributed by atoms with E-state index in [1.807, 2.05) is 5.38 Å². The zero-order valence-electron chi connectivity index (χ0n) is 9.86. The number of nitrogens with two attached hydrogens (primary N) is 1. The van der Waals surface area contributed by atoms with E-state index in [-0.39, 0.29) is 0 Å². The smallest absolute Gasteiger partial charge is 0.180 e. The van der Waals surface area contributed by atoms with Gasteiger partial charge in [0, 0.05) is 24.9 Å². The Morgan fingerprint density at radius 3 is 2.87 bits per heavy atom. The standard InChI is InChI=1S/C11H21N3S/c1-4-9(2)7-14(3)6-5-10-8-15-11(12)13-10/h8-9H,4-7H2,1-3H3,(H2,12,13). The van der Waals surface area contributed by atoms with Crippen LogP contribution in [0.1, 0.15) is 26.0 Å². The maximum atomic E-state index is 5.58. The molecule has 2 N–H and O–H groups in total. The minimum atomic E-state index is 0.676. The molecule has 0 radical (unpaired) electrons. The van der Waals surface area contributed by atoms with Crippen molar-refractivity contribution in [3.05, 3.63) is 11.1 Å². The predicted molar refractivity (Wildman–Crippen MR) is 67.2 cm³/mol. The summed E-state index contributed by atoms with van der Waals surface area (Å²) in [5, 5.41) is 2.72. The first-order valence-corrected chi connectivity index (χ1v) is 6.38. The highest BCUT2D eigenvalue weighted by Gasteiger charge is 2.05. The van der Waals surface area contributed by atoms with Gasteiger partial charge in [0.1, 0.15) is 0 Å². The second-order valence-corrected chi connectivity index (χ2v) is 5.09. The molecule has 0 aliphatic rings. The number of hydrogen-bond donors (Lipinski definition) is 1. The molecule has 1 heterocycles. The third-order valence-electron chi connectivity index (χ3n) is 2.64. The quantitative estimate of drug-likeness (QED) is 0.810. The molecule has 3 nitrogen and oxygen atoms in total. The van der Waals surface area contributed by atoms with Gasteiger partial charge >= 0.3 is 0 Å². The van der Waals surface area contributed by atoms with Gasteiger partial charge < -0.3 is 10.6 Å². The molecule has 1 aromatic rings. The lowest BCUT2D eigenvalue weighted by Crippen LogP contribution is -2.26. The lowest BCUT2D eigenvalue weighted by molar-refractivity contribution is 0.285. The van der Waals surface area contributed by atoms with Crippen LogP contribution in [0, 0.1) is 5.92 Å². The third-order valence-corrected chi connectivity index (χ3v) is 3.36. The SMILES string of the molecule is CCC(C)CN(C)CCc1csc(N)n1. The minimum Gasteiger partial charge on any atom is -0.375 e. The zero-order chi connectivity index (χ0) is 11.3. The fraction of sp³-hybridized carbons (Fsp3) is 0.727. The summed E-state index contributed by atoms with van der Waals surface area (Å²) in [7, 11) is 2.17. The van der Waals surface area contributed by atoms with E-state index in [0.29, 0.717) is 5.13 Å². The van der Waals surface area contributed by atoms with Crippen LogP contribution in [0.25, 0.3) is 0 Å². The number of hydrogen-bond acceptors (Lipinski definition) is 4. The van der Waals surface area contributed by atoms with Gasteiger partial charge in [0.2, 0.25) is 0 Å². The van der Waals surface area contributed by atoms with Crippen molar-refractivity contribution < 1.29 is 0 Å². The van der Waals surface area contributed by atoms with Crippen molar-refractivity contribution >= 4 is 16.5 Å². The topological polar surface area (TPSA) is 42.1 Å². The van der Waals surface area contributed by atoms with E-state index >= 15 is 0 Å². The van der Waals surface area contributed by atoms with Crippen LogP contribution in [-0.2, 0) is 6.42 Å². The Balaban J connectivity index is 2.25. The number of nitrogen functional groups attached to an aromatic ring is 1. The molecular formula is C11H21N3S. The first-order chi connectivity index (χ1) is 7.11. The van der Waals surface area contributed by atoms with E-state index in [0.717, 1.165) is 31.1 Å². The summed E-state index contributed by atoms with van der Waals surface area (Å²) in [5.74, 6) is 0.774. The van der Waals surface area contributed by atoms with Gasteiger partial charge in [-0.3, -0.25) is 0 Å². The normalized spacial score (nSPS) is 13.3. The van der Waals surface area contributed by atoms with Crippen molar-refractivity contribution in [2.45, 2.75) is 26.7 Å². The molecule has 0 amide bonds. The van der Waals surface area contributed by atoms with E-state index in [2.05, 4.69) is 30.8 Å². The molecule has 0 bridgehead atoms. The van der Waals surface area contributed by atoms with Crippen molar-refractivity contribution in [3.8, 4) is 0 Å². The minimum absolute atomic E-state index is 0.676. The number of nitrogens with zero attached hydrogens (tertiary/aromatic N) is 2. The molecule has 1 unspecified atom stereocenters. The predicted octanol–water partition coefficient (Wildman–Crippen LogP) is 2.25. The van der Waals surface area contributed by atoms with E-state index in [9.17, 15) is 0 Å². The fourth-order valence-electron chi connectivity index (χ4n) is 1.50. The molecule has 0 fully saturated rings. The molecule has 86 valence electrons. The molecule has 0 saturated carbocycles. The number of aromatic nitrogens is 1. The van der Waals surface area contributed by atoms with Crippen molar-refractivity contribution in [3.63, 3.8) is 0 Å². The Hall–Kier alpha value is -0.610. The summed E-state index contributed by atoms with van der Waals surface area (Å²) < 4.78 is 0. The molecule has 0 aliphatic heterocycles. The average molecular weight is 227 g/mol. The van der Waals surface area contributed by atoms with Crippen LogP contribution in [0.2, 0.25) is 0 Å². The number of thiazole rings is 1. The Labute approximate surface area is 96.3 Å². The molecular weight excluding hydrogens is 206 g/mol. The largest absolute Gasteiger partial charge is 0.375 e. The van der Waals surface area contributed by atoms with Gasteiger partial charge in [-0.25, -0.2) is 4.98 Å². The maximum absolute atomic E-state index is 5.58. The number of rotatable bonds is 6. The van der Waals surface area contributed by atoms with Gasteiger partial charge in [-0.15, -0.1) is 11.3 Å². The number of anilines is 1. The summed E-state index contributed by atoms with van der Waals surface area (Å²) in [5.41, 5.74) is 6.70. The van der Waals surface area contributed by atoms with Crippen LogP contribution < -0.4 is 5.73 Å². The van der Waals surface area contributed by atoms with Crippen LogP contribution in [-0.4, -0.2) is 30.0 Å². The van der Waals surface area contributed by atoms with Gasteiger partial charge in [-0.2, -0.15) is 0 Å². The lowest BCUT2D eigenvalue weighted by Gasteiger charge is -2.19. The van der Waals surface area contributed by atoms with Gasteiger partial charge in [-0.05, 0) is 13.0 Å². The first kappa shape index (κ1) is 12.5. The van der Waals surface area contributed by atoms with Crippen LogP contribution in [0.15, 0.2) is 5.38 Å². The van der Waals surface area contributed by atoms with E-state index in [4.69, 9.17) is 5.73 Å². The van der Waals surface area contributed by atoms with Gasteiger partial charge in [0.05, 0.1) is 5.69 Å². The molecule has 1 rings (SSSR count). The number of likely N-dealkylation sites (N-methyl/N-ethyl adjacent to an activating group) is 1. The Bertz CT molecular complexity index is 285. The summed E-state index contributed by atoms with van der Waals surface area (Å²) in [6.07, 6.45) is 2.24. The highest BCUT2D eigenvalue weighted by molar-refractivity contribution is 7.13. The van der Waals surface area contributed by atoms with Crippen LogP contribution >= 0.6 is 11.3 Å². The molecule has 4 heteroatoms. The summed E-state index contributed by atoms with van der Waals surface area (Å²) >= 11 is 1.52. The second-order valence-electron chi connectivity index (χ2n) is 4.20. The van der Waals surface area contributed by atoms with Gasteiger partial charge in [0.15, 0.2) is 5.13 Å². The van der Waals surface area contributed by atoms with Gasteiger partial charge in [-0.1, -0.05) is 20.3 Å².